The smallest absolute Gasteiger partial charge is 0.273 e. The Balaban J connectivity index is 2.19. The summed E-state index contributed by atoms with van der Waals surface area (Å²) in [5.41, 5.74) is -0.0179. The summed E-state index contributed by atoms with van der Waals surface area (Å²) in [5.74, 6) is 0.408. The second-order valence-corrected chi connectivity index (χ2v) is 4.88. The molecule has 1 aliphatic rings. The first kappa shape index (κ1) is 12.3. The lowest BCUT2D eigenvalue weighted by atomic mass is 10.2. The summed E-state index contributed by atoms with van der Waals surface area (Å²) in [5, 5.41) is 20.3. The Bertz CT molecular complexity index is 437. The van der Waals surface area contributed by atoms with E-state index < -0.39 is 11.0 Å². The Labute approximate surface area is 107 Å². The molecule has 0 unspecified atom stereocenters. The average Bonchev–Trinajstić information content (AvgIpc) is 2.67. The van der Waals surface area contributed by atoms with Gasteiger partial charge in [0.25, 0.3) is 5.69 Å². The summed E-state index contributed by atoms with van der Waals surface area (Å²) < 4.78 is 6.26. The fraction of sp³-hybridized carbons (Fsp3) is 0.455. The van der Waals surface area contributed by atoms with Crippen LogP contribution in [0.3, 0.4) is 0 Å². The van der Waals surface area contributed by atoms with Gasteiger partial charge in [-0.25, -0.2) is 0 Å². The topological polar surface area (TPSA) is 72.6 Å². The summed E-state index contributed by atoms with van der Waals surface area (Å²) in [7, 11) is 0. The van der Waals surface area contributed by atoms with Gasteiger partial charge in [0.2, 0.25) is 0 Å². The zero-order valence-corrected chi connectivity index (χ0v) is 10.6. The molecule has 6 heteroatoms. The number of nitro benzene ring substituents is 1. The minimum atomic E-state index is -0.485. The lowest BCUT2D eigenvalue weighted by molar-refractivity contribution is -0.385. The first-order valence-electron chi connectivity index (χ1n) is 5.36. The standard InChI is InChI=1S/C11H12BrNO4/c12-8-5-4-7(13(15)16)6-11(8)17-10-3-1-2-9(10)14/h4-6,9-10,14H,1-3H2/t9-,10-/m1/s1. The van der Waals surface area contributed by atoms with Gasteiger partial charge in [0, 0.05) is 6.07 Å². The van der Waals surface area contributed by atoms with Crippen molar-refractivity contribution in [1.29, 1.82) is 0 Å². The number of nitro groups is 1. The molecular formula is C11H12BrNO4. The van der Waals surface area contributed by atoms with Crippen molar-refractivity contribution in [2.45, 2.75) is 31.5 Å². The molecule has 0 aliphatic heterocycles. The summed E-state index contributed by atoms with van der Waals surface area (Å²) in [4.78, 5) is 10.2. The molecule has 0 radical (unpaired) electrons. The van der Waals surface area contributed by atoms with E-state index in [1.54, 1.807) is 6.07 Å². The molecule has 0 spiro atoms. The van der Waals surface area contributed by atoms with Gasteiger partial charge >= 0.3 is 0 Å². The molecular weight excluding hydrogens is 290 g/mol. The fourth-order valence-corrected chi connectivity index (χ4v) is 2.24. The van der Waals surface area contributed by atoms with E-state index in [-0.39, 0.29) is 11.8 Å². The third-order valence-corrected chi connectivity index (χ3v) is 3.48. The highest BCUT2D eigenvalue weighted by molar-refractivity contribution is 9.10. The first-order valence-corrected chi connectivity index (χ1v) is 6.16. The van der Waals surface area contributed by atoms with Crippen LogP contribution in [0.15, 0.2) is 22.7 Å². The van der Waals surface area contributed by atoms with Crippen LogP contribution in [0.4, 0.5) is 5.69 Å². The van der Waals surface area contributed by atoms with Crippen molar-refractivity contribution in [1.82, 2.24) is 0 Å². The van der Waals surface area contributed by atoms with Crippen LogP contribution in [-0.4, -0.2) is 22.2 Å². The van der Waals surface area contributed by atoms with Gasteiger partial charge in [-0.15, -0.1) is 0 Å². The molecule has 1 fully saturated rings. The molecule has 17 heavy (non-hydrogen) atoms. The quantitative estimate of drug-likeness (QED) is 0.688. The van der Waals surface area contributed by atoms with Gasteiger partial charge in [0.1, 0.15) is 11.9 Å². The van der Waals surface area contributed by atoms with E-state index in [1.165, 1.54) is 12.1 Å². The van der Waals surface area contributed by atoms with Gasteiger partial charge in [-0.2, -0.15) is 0 Å². The Morgan fingerprint density at radius 1 is 1.47 bits per heavy atom. The van der Waals surface area contributed by atoms with E-state index in [2.05, 4.69) is 15.9 Å². The highest BCUT2D eigenvalue weighted by Crippen LogP contribution is 2.32. The lowest BCUT2D eigenvalue weighted by Gasteiger charge is -2.17. The number of halogens is 1. The predicted molar refractivity (Wildman–Crippen MR) is 65.1 cm³/mol. The normalized spacial score (nSPS) is 23.6. The molecule has 2 atom stereocenters. The number of ether oxygens (including phenoxy) is 1. The summed E-state index contributed by atoms with van der Waals surface area (Å²) in [6, 6.07) is 4.35. The molecule has 92 valence electrons. The molecule has 1 aromatic carbocycles. The monoisotopic (exact) mass is 301 g/mol. The second-order valence-electron chi connectivity index (χ2n) is 4.03. The maximum atomic E-state index is 10.7. The minimum Gasteiger partial charge on any atom is -0.486 e. The van der Waals surface area contributed by atoms with Crippen molar-refractivity contribution in [2.24, 2.45) is 0 Å². The first-order chi connectivity index (χ1) is 8.08. The third kappa shape index (κ3) is 2.76. The molecule has 0 aromatic heterocycles. The molecule has 2 rings (SSSR count). The van der Waals surface area contributed by atoms with Crippen LogP contribution in [0.2, 0.25) is 0 Å². The van der Waals surface area contributed by atoms with E-state index in [1.807, 2.05) is 0 Å². The fourth-order valence-electron chi connectivity index (χ4n) is 1.90. The maximum Gasteiger partial charge on any atom is 0.273 e. The Kier molecular flexibility index (Phi) is 3.63. The van der Waals surface area contributed by atoms with Crippen molar-refractivity contribution < 1.29 is 14.8 Å². The van der Waals surface area contributed by atoms with Gasteiger partial charge < -0.3 is 9.84 Å². The molecule has 1 aromatic rings. The van der Waals surface area contributed by atoms with Crippen molar-refractivity contribution in [2.75, 3.05) is 0 Å². The number of hydrogen-bond donors (Lipinski definition) is 1. The van der Waals surface area contributed by atoms with Crippen LogP contribution in [0.25, 0.3) is 0 Å². The zero-order chi connectivity index (χ0) is 12.4. The Morgan fingerprint density at radius 3 is 2.82 bits per heavy atom. The van der Waals surface area contributed by atoms with Crippen molar-refractivity contribution in [3.63, 3.8) is 0 Å². The number of nitrogens with zero attached hydrogens (tertiary/aromatic N) is 1. The van der Waals surface area contributed by atoms with Crippen LogP contribution < -0.4 is 4.74 Å². The van der Waals surface area contributed by atoms with E-state index >= 15 is 0 Å². The van der Waals surface area contributed by atoms with E-state index in [0.717, 1.165) is 19.3 Å². The van der Waals surface area contributed by atoms with Crippen LogP contribution in [0.1, 0.15) is 19.3 Å². The van der Waals surface area contributed by atoms with Gasteiger partial charge in [0.05, 0.1) is 21.6 Å². The number of rotatable bonds is 3. The number of non-ortho nitro benzene ring substituents is 1. The third-order valence-electron chi connectivity index (χ3n) is 2.82. The number of benzene rings is 1. The van der Waals surface area contributed by atoms with Crippen LogP contribution in [0, 0.1) is 10.1 Å². The number of aliphatic hydroxyl groups is 1. The Hall–Kier alpha value is -1.14. The van der Waals surface area contributed by atoms with Crippen molar-refractivity contribution in [3.8, 4) is 5.75 Å². The summed E-state index contributed by atoms with van der Waals surface area (Å²) in [6.07, 6.45) is 1.65. The number of aliphatic hydroxyl groups excluding tert-OH is 1. The lowest BCUT2D eigenvalue weighted by Crippen LogP contribution is -2.25. The summed E-state index contributed by atoms with van der Waals surface area (Å²) in [6.45, 7) is 0. The van der Waals surface area contributed by atoms with Crippen molar-refractivity contribution in [3.05, 3.63) is 32.8 Å². The maximum absolute atomic E-state index is 10.7. The van der Waals surface area contributed by atoms with E-state index in [4.69, 9.17) is 4.74 Å². The molecule has 0 saturated heterocycles. The van der Waals surface area contributed by atoms with Gasteiger partial charge in [0.15, 0.2) is 0 Å². The van der Waals surface area contributed by atoms with E-state index in [9.17, 15) is 15.2 Å². The molecule has 5 nitrogen and oxygen atoms in total. The Morgan fingerprint density at radius 2 is 2.24 bits per heavy atom. The van der Waals surface area contributed by atoms with Gasteiger partial charge in [-0.05, 0) is 41.3 Å². The molecule has 1 aliphatic carbocycles. The van der Waals surface area contributed by atoms with Gasteiger partial charge in [-0.1, -0.05) is 0 Å². The number of hydrogen-bond acceptors (Lipinski definition) is 4. The highest BCUT2D eigenvalue weighted by atomic mass is 79.9. The van der Waals surface area contributed by atoms with Crippen LogP contribution >= 0.6 is 15.9 Å². The molecule has 0 amide bonds. The molecule has 0 heterocycles. The molecule has 1 saturated carbocycles. The van der Waals surface area contributed by atoms with Gasteiger partial charge in [-0.3, -0.25) is 10.1 Å². The van der Waals surface area contributed by atoms with E-state index in [0.29, 0.717) is 10.2 Å². The van der Waals surface area contributed by atoms with Crippen LogP contribution in [-0.2, 0) is 0 Å². The highest BCUT2D eigenvalue weighted by Gasteiger charge is 2.27. The second kappa shape index (κ2) is 5.01. The predicted octanol–water partition coefficient (Wildman–Crippen LogP) is 2.65. The van der Waals surface area contributed by atoms with Crippen LogP contribution in [0.5, 0.6) is 5.75 Å². The molecule has 0 bridgehead atoms. The van der Waals surface area contributed by atoms with Crippen molar-refractivity contribution >= 4 is 21.6 Å². The average molecular weight is 302 g/mol. The largest absolute Gasteiger partial charge is 0.486 e. The SMILES string of the molecule is O=[N+]([O-])c1ccc(Br)c(O[C@@H]2CCC[C@H]2O)c1. The minimum absolute atomic E-state index is 0.0179. The summed E-state index contributed by atoms with van der Waals surface area (Å²) >= 11 is 3.28. The zero-order valence-electron chi connectivity index (χ0n) is 9.01. The molecule has 1 N–H and O–H groups in total.